The van der Waals surface area contributed by atoms with Gasteiger partial charge in [0.05, 0.1) is 0 Å². The van der Waals surface area contributed by atoms with E-state index >= 15 is 0 Å². The standard InChI is InChI=1S/C47H32/c1-47(2)42-25-24-33(28-41(42)46-35-14-6-4-12-30(35)23-26-43(46)47)45-38-17-9-7-15-36(38)44(37-16-8-10-18-39(37)45)32-22-21-31-20-19-29-11-3-5-13-34(29)40(31)27-32/h3-28H,1-2H3. The highest BCUT2D eigenvalue weighted by molar-refractivity contribution is 6.22. The van der Waals surface area contributed by atoms with Crippen molar-refractivity contribution >= 4 is 53.9 Å². The molecule has 0 atom stereocenters. The largest absolute Gasteiger partial charge is 0.0616 e. The molecule has 220 valence electrons. The van der Waals surface area contributed by atoms with Crippen LogP contribution < -0.4 is 0 Å². The fourth-order valence-electron chi connectivity index (χ4n) is 8.59. The SMILES string of the molecule is CC1(C)c2ccc(-c3c4ccccc4c(-c4ccc5ccc6ccccc6c5c4)c4ccccc34)cc2-c2c1ccc1ccccc21. The van der Waals surface area contributed by atoms with E-state index in [4.69, 9.17) is 0 Å². The van der Waals surface area contributed by atoms with Gasteiger partial charge in [-0.1, -0.05) is 159 Å². The number of fused-ring (bicyclic) bond motifs is 10. The van der Waals surface area contributed by atoms with Crippen LogP contribution in [-0.4, -0.2) is 0 Å². The summed E-state index contributed by atoms with van der Waals surface area (Å²) >= 11 is 0. The summed E-state index contributed by atoms with van der Waals surface area (Å²) < 4.78 is 0. The van der Waals surface area contributed by atoms with Crippen LogP contribution in [0.1, 0.15) is 25.0 Å². The average molecular weight is 597 g/mol. The topological polar surface area (TPSA) is 0 Å². The van der Waals surface area contributed by atoms with Crippen molar-refractivity contribution in [2.24, 2.45) is 0 Å². The van der Waals surface area contributed by atoms with Gasteiger partial charge in [-0.05, 0) is 111 Å². The van der Waals surface area contributed by atoms with E-state index in [1.165, 1.54) is 98.4 Å². The van der Waals surface area contributed by atoms with Crippen LogP contribution in [0.5, 0.6) is 0 Å². The molecule has 0 unspecified atom stereocenters. The smallest absolute Gasteiger partial charge is 0.0159 e. The highest BCUT2D eigenvalue weighted by atomic mass is 14.4. The zero-order valence-corrected chi connectivity index (χ0v) is 26.5. The molecule has 0 heteroatoms. The fourth-order valence-corrected chi connectivity index (χ4v) is 8.59. The highest BCUT2D eigenvalue weighted by Crippen LogP contribution is 2.53. The van der Waals surface area contributed by atoms with Gasteiger partial charge in [0.15, 0.2) is 0 Å². The Kier molecular flexibility index (Phi) is 5.44. The predicted molar refractivity (Wildman–Crippen MR) is 202 cm³/mol. The summed E-state index contributed by atoms with van der Waals surface area (Å²) in [6.07, 6.45) is 0. The Hall–Kier alpha value is -5.72. The first kappa shape index (κ1) is 26.5. The van der Waals surface area contributed by atoms with Crippen molar-refractivity contribution in [3.05, 3.63) is 169 Å². The van der Waals surface area contributed by atoms with Crippen molar-refractivity contribution in [2.45, 2.75) is 19.3 Å². The summed E-state index contributed by atoms with van der Waals surface area (Å²) in [5.41, 5.74) is 10.6. The normalized spacial score (nSPS) is 13.5. The number of benzene rings is 9. The molecule has 0 N–H and O–H groups in total. The Morgan fingerprint density at radius 3 is 1.38 bits per heavy atom. The molecule has 0 bridgehead atoms. The summed E-state index contributed by atoms with van der Waals surface area (Å²) in [6, 6.07) is 59.0. The van der Waals surface area contributed by atoms with Gasteiger partial charge in [0, 0.05) is 5.41 Å². The van der Waals surface area contributed by atoms with E-state index < -0.39 is 0 Å². The van der Waals surface area contributed by atoms with Crippen molar-refractivity contribution in [3.8, 4) is 33.4 Å². The van der Waals surface area contributed by atoms with E-state index in [1.807, 2.05) is 0 Å². The average Bonchev–Trinajstić information content (AvgIpc) is 3.36. The molecule has 0 spiro atoms. The van der Waals surface area contributed by atoms with Crippen LogP contribution in [0.25, 0.3) is 87.2 Å². The van der Waals surface area contributed by atoms with E-state index in [2.05, 4.69) is 172 Å². The first-order valence-corrected chi connectivity index (χ1v) is 16.6. The highest BCUT2D eigenvalue weighted by Gasteiger charge is 2.36. The summed E-state index contributed by atoms with van der Waals surface area (Å²) in [5.74, 6) is 0. The van der Waals surface area contributed by atoms with E-state index in [0.717, 1.165) is 0 Å². The maximum Gasteiger partial charge on any atom is 0.0159 e. The molecule has 0 amide bonds. The quantitative estimate of drug-likeness (QED) is 0.138. The summed E-state index contributed by atoms with van der Waals surface area (Å²) in [5, 5.41) is 12.9. The minimum atomic E-state index is -0.0541. The van der Waals surface area contributed by atoms with E-state index in [9.17, 15) is 0 Å². The molecule has 10 rings (SSSR count). The molecule has 9 aromatic carbocycles. The molecule has 0 radical (unpaired) electrons. The first-order chi connectivity index (χ1) is 23.1. The van der Waals surface area contributed by atoms with E-state index in [1.54, 1.807) is 0 Å². The van der Waals surface area contributed by atoms with Crippen molar-refractivity contribution < 1.29 is 0 Å². The van der Waals surface area contributed by atoms with Gasteiger partial charge >= 0.3 is 0 Å². The fraction of sp³-hybridized carbons (Fsp3) is 0.0638. The molecule has 0 heterocycles. The van der Waals surface area contributed by atoms with Gasteiger partial charge in [0.1, 0.15) is 0 Å². The monoisotopic (exact) mass is 596 g/mol. The van der Waals surface area contributed by atoms with Crippen LogP contribution in [0.4, 0.5) is 0 Å². The molecule has 9 aromatic rings. The van der Waals surface area contributed by atoms with E-state index in [-0.39, 0.29) is 5.41 Å². The molecule has 0 aliphatic heterocycles. The Labute approximate surface area is 274 Å². The lowest BCUT2D eigenvalue weighted by atomic mass is 9.81. The summed E-state index contributed by atoms with van der Waals surface area (Å²) in [6.45, 7) is 4.75. The maximum atomic E-state index is 2.48. The van der Waals surface area contributed by atoms with Gasteiger partial charge in [-0.3, -0.25) is 0 Å². The third-order valence-corrected chi connectivity index (χ3v) is 10.8. The molecule has 0 saturated carbocycles. The predicted octanol–water partition coefficient (Wildman–Crippen LogP) is 13.1. The van der Waals surface area contributed by atoms with E-state index in [0.29, 0.717) is 0 Å². The van der Waals surface area contributed by atoms with Crippen LogP contribution in [0.15, 0.2) is 158 Å². The van der Waals surface area contributed by atoms with Crippen molar-refractivity contribution in [3.63, 3.8) is 0 Å². The van der Waals surface area contributed by atoms with Gasteiger partial charge in [0.25, 0.3) is 0 Å². The third-order valence-electron chi connectivity index (χ3n) is 10.8. The molecule has 0 aromatic heterocycles. The Morgan fingerprint density at radius 2 is 0.745 bits per heavy atom. The van der Waals surface area contributed by atoms with Crippen molar-refractivity contribution in [1.82, 2.24) is 0 Å². The van der Waals surface area contributed by atoms with Crippen LogP contribution >= 0.6 is 0 Å². The van der Waals surface area contributed by atoms with Gasteiger partial charge in [-0.2, -0.15) is 0 Å². The summed E-state index contributed by atoms with van der Waals surface area (Å²) in [7, 11) is 0. The van der Waals surface area contributed by atoms with Crippen molar-refractivity contribution in [1.29, 1.82) is 0 Å². The van der Waals surface area contributed by atoms with Gasteiger partial charge in [-0.15, -0.1) is 0 Å². The van der Waals surface area contributed by atoms with Gasteiger partial charge in [-0.25, -0.2) is 0 Å². The Bertz CT molecular complexity index is 2700. The number of hydrogen-bond acceptors (Lipinski definition) is 0. The molecule has 0 fully saturated rings. The van der Waals surface area contributed by atoms with Crippen molar-refractivity contribution in [2.75, 3.05) is 0 Å². The Morgan fingerprint density at radius 1 is 0.319 bits per heavy atom. The zero-order chi connectivity index (χ0) is 31.3. The molecular weight excluding hydrogens is 565 g/mol. The number of hydrogen-bond donors (Lipinski definition) is 0. The second-order valence-corrected chi connectivity index (χ2v) is 13.7. The molecule has 0 saturated heterocycles. The molecule has 1 aliphatic carbocycles. The molecule has 47 heavy (non-hydrogen) atoms. The second-order valence-electron chi connectivity index (χ2n) is 13.7. The lowest BCUT2D eigenvalue weighted by Crippen LogP contribution is -2.14. The van der Waals surface area contributed by atoms with Crippen LogP contribution in [0.3, 0.4) is 0 Å². The number of rotatable bonds is 2. The molecule has 0 nitrogen and oxygen atoms in total. The molecular formula is C47H32. The lowest BCUT2D eigenvalue weighted by molar-refractivity contribution is 0.661. The zero-order valence-electron chi connectivity index (χ0n) is 26.5. The minimum absolute atomic E-state index is 0.0541. The van der Waals surface area contributed by atoms with Crippen LogP contribution in [-0.2, 0) is 5.41 Å². The second kappa shape index (κ2) is 9.64. The van der Waals surface area contributed by atoms with Gasteiger partial charge < -0.3 is 0 Å². The molecule has 1 aliphatic rings. The third kappa shape index (κ3) is 3.70. The minimum Gasteiger partial charge on any atom is -0.0616 e. The summed E-state index contributed by atoms with van der Waals surface area (Å²) in [4.78, 5) is 0. The van der Waals surface area contributed by atoms with Crippen LogP contribution in [0.2, 0.25) is 0 Å². The van der Waals surface area contributed by atoms with Gasteiger partial charge in [0.2, 0.25) is 0 Å². The van der Waals surface area contributed by atoms with Crippen LogP contribution in [0, 0.1) is 0 Å². The first-order valence-electron chi connectivity index (χ1n) is 16.6. The Balaban J connectivity index is 1.27. The maximum absolute atomic E-state index is 2.48. The lowest BCUT2D eigenvalue weighted by Gasteiger charge is -2.22.